The van der Waals surface area contributed by atoms with Crippen LogP contribution in [0.3, 0.4) is 0 Å². The van der Waals surface area contributed by atoms with Crippen molar-refractivity contribution >= 4 is 5.91 Å². The third kappa shape index (κ3) is 7.07. The van der Waals surface area contributed by atoms with Crippen molar-refractivity contribution in [3.05, 3.63) is 0 Å². The summed E-state index contributed by atoms with van der Waals surface area (Å²) in [5, 5.41) is 3.48. The standard InChI is InChI=1S/C17H35N3O2/c1-6-15(4)17(21)19(5)12-16-13-20(9-10-22-16)8-7-18-11-14(2)3/h14-16,18H,6-13H2,1-5H3/t15?,16-/m1/s1. The van der Waals surface area contributed by atoms with Crippen LogP contribution in [0.25, 0.3) is 0 Å². The van der Waals surface area contributed by atoms with Gasteiger partial charge in [0.25, 0.3) is 0 Å². The third-order valence-corrected chi connectivity index (χ3v) is 4.27. The van der Waals surface area contributed by atoms with Gasteiger partial charge in [0.15, 0.2) is 0 Å². The normalized spacial score (nSPS) is 21.1. The summed E-state index contributed by atoms with van der Waals surface area (Å²) < 4.78 is 5.83. The van der Waals surface area contributed by atoms with E-state index in [-0.39, 0.29) is 17.9 Å². The Hall–Kier alpha value is -0.650. The second-order valence-corrected chi connectivity index (χ2v) is 6.92. The van der Waals surface area contributed by atoms with E-state index in [0.29, 0.717) is 12.5 Å². The van der Waals surface area contributed by atoms with Crippen LogP contribution in [-0.2, 0) is 9.53 Å². The number of nitrogens with one attached hydrogen (secondary N) is 1. The molecule has 0 spiro atoms. The van der Waals surface area contributed by atoms with Gasteiger partial charge in [-0.15, -0.1) is 0 Å². The van der Waals surface area contributed by atoms with Gasteiger partial charge in [-0.25, -0.2) is 0 Å². The maximum atomic E-state index is 12.2. The molecule has 1 aliphatic heterocycles. The molecule has 0 aromatic heterocycles. The molecule has 1 amide bonds. The van der Waals surface area contributed by atoms with E-state index in [2.05, 4.69) is 31.0 Å². The van der Waals surface area contributed by atoms with Gasteiger partial charge < -0.3 is 15.0 Å². The van der Waals surface area contributed by atoms with Crippen LogP contribution in [0, 0.1) is 11.8 Å². The molecular weight excluding hydrogens is 278 g/mol. The van der Waals surface area contributed by atoms with Crippen molar-refractivity contribution in [3.63, 3.8) is 0 Å². The van der Waals surface area contributed by atoms with Crippen molar-refractivity contribution in [3.8, 4) is 0 Å². The zero-order chi connectivity index (χ0) is 16.5. The van der Waals surface area contributed by atoms with Crippen LogP contribution in [0.2, 0.25) is 0 Å². The Bertz CT molecular complexity index is 323. The van der Waals surface area contributed by atoms with E-state index in [1.54, 1.807) is 0 Å². The summed E-state index contributed by atoms with van der Waals surface area (Å²) in [7, 11) is 1.89. The molecule has 2 atom stereocenters. The van der Waals surface area contributed by atoms with Crippen LogP contribution in [0.4, 0.5) is 0 Å². The number of hydrogen-bond donors (Lipinski definition) is 1. The van der Waals surface area contributed by atoms with Gasteiger partial charge >= 0.3 is 0 Å². The molecule has 0 radical (unpaired) electrons. The Morgan fingerprint density at radius 3 is 2.77 bits per heavy atom. The maximum absolute atomic E-state index is 12.2. The Balaban J connectivity index is 2.29. The quantitative estimate of drug-likeness (QED) is 0.654. The summed E-state index contributed by atoms with van der Waals surface area (Å²) in [6, 6.07) is 0. The van der Waals surface area contributed by atoms with Gasteiger partial charge in [-0.1, -0.05) is 27.7 Å². The van der Waals surface area contributed by atoms with Crippen molar-refractivity contribution in [2.24, 2.45) is 11.8 Å². The summed E-state index contributed by atoms with van der Waals surface area (Å²) in [5.41, 5.74) is 0. The molecule has 5 heteroatoms. The number of nitrogens with zero attached hydrogens (tertiary/aromatic N) is 2. The number of carbonyl (C=O) groups excluding carboxylic acids is 1. The highest BCUT2D eigenvalue weighted by molar-refractivity contribution is 5.78. The number of rotatable bonds is 9. The monoisotopic (exact) mass is 313 g/mol. The lowest BCUT2D eigenvalue weighted by molar-refractivity contribution is -0.136. The molecule has 0 saturated carbocycles. The predicted octanol–water partition coefficient (Wildman–Crippen LogP) is 1.44. The first-order valence-corrected chi connectivity index (χ1v) is 8.73. The first-order valence-electron chi connectivity index (χ1n) is 8.73. The van der Waals surface area contributed by atoms with E-state index in [1.807, 2.05) is 18.9 Å². The number of carbonyl (C=O) groups is 1. The molecule has 130 valence electrons. The van der Waals surface area contributed by atoms with Gasteiger partial charge in [0.2, 0.25) is 5.91 Å². The molecule has 0 aromatic rings. The van der Waals surface area contributed by atoms with E-state index in [1.165, 1.54) is 0 Å². The third-order valence-electron chi connectivity index (χ3n) is 4.27. The molecule has 1 fully saturated rings. The smallest absolute Gasteiger partial charge is 0.225 e. The number of ether oxygens (including phenoxy) is 1. The average molecular weight is 313 g/mol. The first kappa shape index (κ1) is 19.4. The van der Waals surface area contributed by atoms with E-state index in [9.17, 15) is 4.79 Å². The maximum Gasteiger partial charge on any atom is 0.225 e. The number of hydrogen-bond acceptors (Lipinski definition) is 4. The Morgan fingerprint density at radius 2 is 2.14 bits per heavy atom. The lowest BCUT2D eigenvalue weighted by Gasteiger charge is -2.35. The molecule has 1 N–H and O–H groups in total. The summed E-state index contributed by atoms with van der Waals surface area (Å²) in [5.74, 6) is 1.02. The zero-order valence-electron chi connectivity index (χ0n) is 15.1. The minimum atomic E-state index is 0.102. The van der Waals surface area contributed by atoms with Crippen LogP contribution >= 0.6 is 0 Å². The molecule has 0 aliphatic carbocycles. The lowest BCUT2D eigenvalue weighted by Crippen LogP contribution is -2.49. The Kier molecular flexibility index (Phi) is 8.98. The van der Waals surface area contributed by atoms with Gasteiger partial charge in [0.05, 0.1) is 12.7 Å². The van der Waals surface area contributed by atoms with Crippen LogP contribution in [0.15, 0.2) is 0 Å². The summed E-state index contributed by atoms with van der Waals surface area (Å²) in [6.07, 6.45) is 1.03. The van der Waals surface area contributed by atoms with E-state index >= 15 is 0 Å². The predicted molar refractivity (Wildman–Crippen MR) is 91.0 cm³/mol. The zero-order valence-corrected chi connectivity index (χ0v) is 15.1. The summed E-state index contributed by atoms with van der Waals surface area (Å²) in [4.78, 5) is 16.4. The molecule has 0 aromatic carbocycles. The number of morpholine rings is 1. The van der Waals surface area contributed by atoms with Crippen LogP contribution < -0.4 is 5.32 Å². The molecule has 1 rings (SSSR count). The lowest BCUT2D eigenvalue weighted by atomic mass is 10.1. The fourth-order valence-corrected chi connectivity index (χ4v) is 2.67. The van der Waals surface area contributed by atoms with E-state index < -0.39 is 0 Å². The molecule has 1 heterocycles. The Morgan fingerprint density at radius 1 is 1.41 bits per heavy atom. The highest BCUT2D eigenvalue weighted by atomic mass is 16.5. The van der Waals surface area contributed by atoms with Crippen LogP contribution in [-0.4, -0.2) is 74.7 Å². The van der Waals surface area contributed by atoms with Crippen molar-refractivity contribution < 1.29 is 9.53 Å². The Labute approximate surface area is 136 Å². The topological polar surface area (TPSA) is 44.8 Å². The van der Waals surface area contributed by atoms with E-state index in [4.69, 9.17) is 4.74 Å². The second kappa shape index (κ2) is 10.2. The van der Waals surface area contributed by atoms with Crippen molar-refractivity contribution in [2.45, 2.75) is 40.2 Å². The molecule has 1 unspecified atom stereocenters. The first-order chi connectivity index (χ1) is 10.4. The number of amides is 1. The minimum Gasteiger partial charge on any atom is -0.374 e. The summed E-state index contributed by atoms with van der Waals surface area (Å²) >= 11 is 0. The fourth-order valence-electron chi connectivity index (χ4n) is 2.67. The van der Waals surface area contributed by atoms with Crippen molar-refractivity contribution in [1.82, 2.24) is 15.1 Å². The van der Waals surface area contributed by atoms with Gasteiger partial charge in [-0.3, -0.25) is 9.69 Å². The van der Waals surface area contributed by atoms with Gasteiger partial charge in [0, 0.05) is 45.7 Å². The second-order valence-electron chi connectivity index (χ2n) is 6.92. The fraction of sp³-hybridized carbons (Fsp3) is 0.941. The highest BCUT2D eigenvalue weighted by Crippen LogP contribution is 2.10. The summed E-state index contributed by atoms with van der Waals surface area (Å²) in [6.45, 7) is 15.0. The highest BCUT2D eigenvalue weighted by Gasteiger charge is 2.24. The molecule has 1 aliphatic rings. The molecular formula is C17H35N3O2. The molecule has 0 bridgehead atoms. The van der Waals surface area contributed by atoms with E-state index in [0.717, 1.165) is 45.8 Å². The SMILES string of the molecule is CCC(C)C(=O)N(C)C[C@@H]1CN(CCNCC(C)C)CCO1. The van der Waals surface area contributed by atoms with Gasteiger partial charge in [0.1, 0.15) is 0 Å². The molecule has 1 saturated heterocycles. The molecule has 5 nitrogen and oxygen atoms in total. The number of likely N-dealkylation sites (N-methyl/N-ethyl adjacent to an activating group) is 1. The average Bonchev–Trinajstić information content (AvgIpc) is 2.50. The molecule has 22 heavy (non-hydrogen) atoms. The van der Waals surface area contributed by atoms with Gasteiger partial charge in [-0.2, -0.15) is 0 Å². The van der Waals surface area contributed by atoms with Crippen LogP contribution in [0.5, 0.6) is 0 Å². The van der Waals surface area contributed by atoms with Crippen molar-refractivity contribution in [2.75, 3.05) is 52.9 Å². The van der Waals surface area contributed by atoms with Crippen LogP contribution in [0.1, 0.15) is 34.1 Å². The van der Waals surface area contributed by atoms with Gasteiger partial charge in [-0.05, 0) is 18.9 Å². The minimum absolute atomic E-state index is 0.102. The van der Waals surface area contributed by atoms with Crippen molar-refractivity contribution in [1.29, 1.82) is 0 Å². The largest absolute Gasteiger partial charge is 0.374 e.